The molecule has 1 N–H and O–H groups in total. The van der Waals surface area contributed by atoms with Crippen molar-refractivity contribution in [3.05, 3.63) is 88.9 Å². The van der Waals surface area contributed by atoms with Gasteiger partial charge in [-0.15, -0.1) is 0 Å². The molecule has 0 aliphatic carbocycles. The van der Waals surface area contributed by atoms with E-state index in [1.165, 1.54) is 12.1 Å². The van der Waals surface area contributed by atoms with E-state index in [9.17, 15) is 13.2 Å². The minimum atomic E-state index is -3.94. The average molecular weight is 473 g/mol. The first-order chi connectivity index (χ1) is 15.3. The molecule has 32 heavy (non-hydrogen) atoms. The molecular weight excluding hydrogens is 448 g/mol. The van der Waals surface area contributed by atoms with E-state index in [0.29, 0.717) is 16.5 Å². The lowest BCUT2D eigenvalue weighted by molar-refractivity contribution is -0.119. The smallest absolute Gasteiger partial charge is 0.264 e. The Morgan fingerprint density at radius 2 is 1.66 bits per heavy atom. The number of nitrogens with one attached hydrogen (secondary N) is 1. The lowest BCUT2D eigenvalue weighted by Gasteiger charge is -2.26. The van der Waals surface area contributed by atoms with Crippen LogP contribution in [0.2, 0.25) is 5.02 Å². The van der Waals surface area contributed by atoms with E-state index in [4.69, 9.17) is 16.3 Å². The SMILES string of the molecule is Cc1cccc(N(CC(=O)NCCOc2ccccc2Cl)S(=O)(=O)c2ccccc2)c1C. The molecule has 0 bridgehead atoms. The molecule has 0 aliphatic heterocycles. The summed E-state index contributed by atoms with van der Waals surface area (Å²) in [6.45, 7) is 3.79. The third kappa shape index (κ3) is 5.60. The van der Waals surface area contributed by atoms with E-state index in [1.807, 2.05) is 19.9 Å². The van der Waals surface area contributed by atoms with E-state index in [2.05, 4.69) is 5.32 Å². The maximum absolute atomic E-state index is 13.4. The van der Waals surface area contributed by atoms with Gasteiger partial charge in [-0.1, -0.05) is 54.1 Å². The molecule has 1 amide bonds. The summed E-state index contributed by atoms with van der Waals surface area (Å²) in [6, 6.07) is 20.5. The summed E-state index contributed by atoms with van der Waals surface area (Å²) in [5.41, 5.74) is 2.20. The predicted molar refractivity (Wildman–Crippen MR) is 127 cm³/mol. The molecular formula is C24H25ClN2O4S. The number of carbonyl (C=O) groups excluding carboxylic acids is 1. The maximum atomic E-state index is 13.4. The van der Waals surface area contributed by atoms with Crippen LogP contribution in [-0.2, 0) is 14.8 Å². The van der Waals surface area contributed by atoms with Crippen molar-refractivity contribution in [2.75, 3.05) is 24.0 Å². The zero-order chi connectivity index (χ0) is 23.1. The van der Waals surface area contributed by atoms with Crippen molar-refractivity contribution in [1.29, 1.82) is 0 Å². The monoisotopic (exact) mass is 472 g/mol. The Morgan fingerprint density at radius 3 is 2.38 bits per heavy atom. The van der Waals surface area contributed by atoms with Gasteiger partial charge in [-0.3, -0.25) is 9.10 Å². The highest BCUT2D eigenvalue weighted by Crippen LogP contribution is 2.28. The van der Waals surface area contributed by atoms with Crippen LogP contribution < -0.4 is 14.4 Å². The van der Waals surface area contributed by atoms with Gasteiger partial charge < -0.3 is 10.1 Å². The van der Waals surface area contributed by atoms with E-state index in [1.54, 1.807) is 54.6 Å². The summed E-state index contributed by atoms with van der Waals surface area (Å²) in [5, 5.41) is 3.20. The van der Waals surface area contributed by atoms with Crippen molar-refractivity contribution in [2.45, 2.75) is 18.7 Å². The number of aryl methyl sites for hydroxylation is 1. The van der Waals surface area contributed by atoms with Crippen LogP contribution in [0.5, 0.6) is 5.75 Å². The number of para-hydroxylation sites is 1. The third-order valence-electron chi connectivity index (χ3n) is 4.98. The van der Waals surface area contributed by atoms with Gasteiger partial charge in [0.1, 0.15) is 18.9 Å². The molecule has 3 aromatic rings. The molecule has 0 aliphatic rings. The molecule has 0 saturated carbocycles. The summed E-state index contributed by atoms with van der Waals surface area (Å²) in [7, 11) is -3.94. The van der Waals surface area contributed by atoms with Crippen LogP contribution in [0.15, 0.2) is 77.7 Å². The lowest BCUT2D eigenvalue weighted by atomic mass is 10.1. The van der Waals surface area contributed by atoms with Crippen LogP contribution in [0.3, 0.4) is 0 Å². The average Bonchev–Trinajstić information content (AvgIpc) is 2.79. The maximum Gasteiger partial charge on any atom is 0.264 e. The quantitative estimate of drug-likeness (QED) is 0.470. The molecule has 168 valence electrons. The van der Waals surface area contributed by atoms with Crippen LogP contribution in [-0.4, -0.2) is 34.0 Å². The number of hydrogen-bond donors (Lipinski definition) is 1. The number of sulfonamides is 1. The molecule has 3 aromatic carbocycles. The Bertz CT molecular complexity index is 1180. The zero-order valence-electron chi connectivity index (χ0n) is 17.9. The Hall–Kier alpha value is -3.03. The first-order valence-electron chi connectivity index (χ1n) is 10.1. The second kappa shape index (κ2) is 10.5. The van der Waals surface area contributed by atoms with Crippen molar-refractivity contribution in [3.63, 3.8) is 0 Å². The summed E-state index contributed by atoms with van der Waals surface area (Å²) in [4.78, 5) is 12.8. The van der Waals surface area contributed by atoms with Gasteiger partial charge in [0.05, 0.1) is 22.2 Å². The number of benzene rings is 3. The molecule has 8 heteroatoms. The lowest BCUT2D eigenvalue weighted by Crippen LogP contribution is -2.42. The van der Waals surface area contributed by atoms with Crippen molar-refractivity contribution < 1.29 is 17.9 Å². The third-order valence-corrected chi connectivity index (χ3v) is 7.07. The van der Waals surface area contributed by atoms with Gasteiger partial charge in [-0.05, 0) is 55.3 Å². The topological polar surface area (TPSA) is 75.7 Å². The van der Waals surface area contributed by atoms with Gasteiger partial charge in [0.25, 0.3) is 10.0 Å². The molecule has 0 aromatic heterocycles. The second-order valence-electron chi connectivity index (χ2n) is 7.17. The Kier molecular flexibility index (Phi) is 7.77. The van der Waals surface area contributed by atoms with E-state index < -0.39 is 15.9 Å². The van der Waals surface area contributed by atoms with Crippen LogP contribution in [0, 0.1) is 13.8 Å². The Labute approximate surface area is 193 Å². The summed E-state index contributed by atoms with van der Waals surface area (Å²) >= 11 is 6.05. The first-order valence-corrected chi connectivity index (χ1v) is 11.9. The van der Waals surface area contributed by atoms with Gasteiger partial charge in [0.15, 0.2) is 0 Å². The number of rotatable bonds is 9. The normalized spacial score (nSPS) is 11.1. The highest BCUT2D eigenvalue weighted by atomic mass is 35.5. The minimum absolute atomic E-state index is 0.121. The van der Waals surface area contributed by atoms with Crippen molar-refractivity contribution >= 4 is 33.2 Å². The van der Waals surface area contributed by atoms with E-state index in [0.717, 1.165) is 15.4 Å². The summed E-state index contributed by atoms with van der Waals surface area (Å²) < 4.78 is 33.5. The standard InChI is InChI=1S/C24H25ClN2O4S/c1-18-9-8-13-22(19(18)2)27(32(29,30)20-10-4-3-5-11-20)17-24(28)26-15-16-31-23-14-7-6-12-21(23)25/h3-14H,15-17H2,1-2H3,(H,26,28). The Balaban J connectivity index is 1.75. The molecule has 0 heterocycles. The van der Waals surface area contributed by atoms with Gasteiger partial charge in [0.2, 0.25) is 5.91 Å². The van der Waals surface area contributed by atoms with Gasteiger partial charge in [0, 0.05) is 0 Å². The fourth-order valence-corrected chi connectivity index (χ4v) is 4.81. The summed E-state index contributed by atoms with van der Waals surface area (Å²) in [6.07, 6.45) is 0. The minimum Gasteiger partial charge on any atom is -0.490 e. The highest BCUT2D eigenvalue weighted by molar-refractivity contribution is 7.92. The fraction of sp³-hybridized carbons (Fsp3) is 0.208. The van der Waals surface area contributed by atoms with E-state index in [-0.39, 0.29) is 24.6 Å². The number of halogens is 1. The first kappa shape index (κ1) is 23.6. The largest absolute Gasteiger partial charge is 0.490 e. The second-order valence-corrected chi connectivity index (χ2v) is 9.44. The number of carbonyl (C=O) groups is 1. The molecule has 3 rings (SSSR count). The van der Waals surface area contributed by atoms with Crippen molar-refractivity contribution in [1.82, 2.24) is 5.32 Å². The van der Waals surface area contributed by atoms with Crippen LogP contribution in [0.1, 0.15) is 11.1 Å². The molecule has 0 atom stereocenters. The summed E-state index contributed by atoms with van der Waals surface area (Å²) in [5.74, 6) is 0.0836. The van der Waals surface area contributed by atoms with Crippen molar-refractivity contribution in [3.8, 4) is 5.75 Å². The van der Waals surface area contributed by atoms with Crippen LogP contribution in [0.25, 0.3) is 0 Å². The number of amides is 1. The number of ether oxygens (including phenoxy) is 1. The fourth-order valence-electron chi connectivity index (χ4n) is 3.12. The molecule has 0 unspecified atom stereocenters. The van der Waals surface area contributed by atoms with Gasteiger partial charge in [-0.25, -0.2) is 8.42 Å². The van der Waals surface area contributed by atoms with E-state index >= 15 is 0 Å². The van der Waals surface area contributed by atoms with Crippen LogP contribution >= 0.6 is 11.6 Å². The van der Waals surface area contributed by atoms with Crippen molar-refractivity contribution in [2.24, 2.45) is 0 Å². The number of hydrogen-bond acceptors (Lipinski definition) is 4. The molecule has 0 radical (unpaired) electrons. The molecule has 0 fully saturated rings. The molecule has 6 nitrogen and oxygen atoms in total. The zero-order valence-corrected chi connectivity index (χ0v) is 19.5. The van der Waals surface area contributed by atoms with Crippen LogP contribution in [0.4, 0.5) is 5.69 Å². The molecule has 0 saturated heterocycles. The molecule has 0 spiro atoms. The predicted octanol–water partition coefficient (Wildman–Crippen LogP) is 4.35. The van der Waals surface area contributed by atoms with Gasteiger partial charge in [-0.2, -0.15) is 0 Å². The highest BCUT2D eigenvalue weighted by Gasteiger charge is 2.28. The van der Waals surface area contributed by atoms with Gasteiger partial charge >= 0.3 is 0 Å². The number of anilines is 1. The Morgan fingerprint density at radius 1 is 0.969 bits per heavy atom. The number of nitrogens with zero attached hydrogens (tertiary/aromatic N) is 1.